The van der Waals surface area contributed by atoms with Gasteiger partial charge in [-0.3, -0.25) is 0 Å². The van der Waals surface area contributed by atoms with Crippen molar-refractivity contribution in [3.63, 3.8) is 0 Å². The maximum atomic E-state index is 6.09. The molecule has 0 fully saturated rings. The van der Waals surface area contributed by atoms with Gasteiger partial charge in [0.25, 0.3) is 0 Å². The average molecular weight is 411 g/mol. The summed E-state index contributed by atoms with van der Waals surface area (Å²) < 4.78 is 0.974. The van der Waals surface area contributed by atoms with E-state index in [2.05, 4.69) is 24.6 Å². The molecule has 0 unspecified atom stereocenters. The van der Waals surface area contributed by atoms with Gasteiger partial charge in [-0.05, 0) is 42.8 Å². The number of benzene rings is 2. The van der Waals surface area contributed by atoms with Crippen molar-refractivity contribution in [3.8, 4) is 0 Å². The number of nitrogens with two attached hydrogens (primary N) is 2. The molecule has 0 radical (unpaired) electrons. The van der Waals surface area contributed by atoms with E-state index in [9.17, 15) is 0 Å². The first-order chi connectivity index (χ1) is 12.8. The molecule has 0 aliphatic carbocycles. The Morgan fingerprint density at radius 1 is 0.815 bits per heavy atom. The maximum Gasteiger partial charge on any atom is 0.0960 e. The molecule has 27 heavy (non-hydrogen) atoms. The summed E-state index contributed by atoms with van der Waals surface area (Å²) in [5, 5.41) is 8.04. The molecule has 148 valence electrons. The van der Waals surface area contributed by atoms with Gasteiger partial charge >= 0.3 is 0 Å². The van der Waals surface area contributed by atoms with Crippen LogP contribution in [0, 0.1) is 0 Å². The van der Waals surface area contributed by atoms with Gasteiger partial charge < -0.3 is 26.6 Å². The smallest absolute Gasteiger partial charge is 0.0960 e. The number of nitrogen functional groups attached to an aromatic ring is 2. The Morgan fingerprint density at radius 3 is 1.63 bits per heavy atom. The lowest BCUT2D eigenvalue weighted by atomic mass is 10.2. The van der Waals surface area contributed by atoms with Crippen LogP contribution in [0.3, 0.4) is 0 Å². The van der Waals surface area contributed by atoms with Crippen LogP contribution in [-0.4, -0.2) is 44.3 Å². The number of hydrogen-bond donors (Lipinski definition) is 4. The molecule has 5 nitrogen and oxygen atoms in total. The van der Waals surface area contributed by atoms with Gasteiger partial charge in [-0.2, -0.15) is 0 Å². The Hall–Kier alpha value is -1.82. The van der Waals surface area contributed by atoms with Gasteiger partial charge in [0.1, 0.15) is 0 Å². The SMILES string of the molecule is CCC[N+](C)(CCNc1ccc(N)c(Cl)c1)CCNc1ccc(N)c(Cl)c1. The van der Waals surface area contributed by atoms with Crippen molar-refractivity contribution in [2.24, 2.45) is 0 Å². The Labute approximate surface area is 172 Å². The molecule has 2 aromatic rings. The van der Waals surface area contributed by atoms with Gasteiger partial charge in [0.2, 0.25) is 0 Å². The van der Waals surface area contributed by atoms with Crippen molar-refractivity contribution in [1.29, 1.82) is 0 Å². The first-order valence-electron chi connectivity index (χ1n) is 9.24. The van der Waals surface area contributed by atoms with Crippen molar-refractivity contribution in [2.75, 3.05) is 61.9 Å². The van der Waals surface area contributed by atoms with Crippen LogP contribution in [0.15, 0.2) is 36.4 Å². The molecule has 2 aromatic carbocycles. The average Bonchev–Trinajstić information content (AvgIpc) is 2.61. The molecule has 0 aliphatic heterocycles. The molecule has 0 amide bonds. The van der Waals surface area contributed by atoms with Gasteiger partial charge in [0.05, 0.1) is 61.2 Å². The maximum absolute atomic E-state index is 6.09. The topological polar surface area (TPSA) is 76.1 Å². The van der Waals surface area contributed by atoms with Crippen LogP contribution in [-0.2, 0) is 0 Å². The molecule has 7 heteroatoms. The van der Waals surface area contributed by atoms with Crippen LogP contribution >= 0.6 is 23.2 Å². The summed E-state index contributed by atoms with van der Waals surface area (Å²) >= 11 is 12.2. The first-order valence-corrected chi connectivity index (χ1v) is 10.00. The number of nitrogens with one attached hydrogen (secondary N) is 2. The first kappa shape index (κ1) is 21.5. The predicted molar refractivity (Wildman–Crippen MR) is 120 cm³/mol. The quantitative estimate of drug-likeness (QED) is 0.342. The van der Waals surface area contributed by atoms with Crippen LogP contribution in [0.25, 0.3) is 0 Å². The predicted octanol–water partition coefficient (Wildman–Crippen LogP) is 4.54. The lowest BCUT2D eigenvalue weighted by Crippen LogP contribution is -2.50. The molecule has 0 spiro atoms. The van der Waals surface area contributed by atoms with Crippen LogP contribution < -0.4 is 22.1 Å². The minimum absolute atomic E-state index is 0.581. The third-order valence-electron chi connectivity index (χ3n) is 4.73. The van der Waals surface area contributed by atoms with Gasteiger partial charge in [0.15, 0.2) is 0 Å². The molecule has 0 aliphatic rings. The molecular weight excluding hydrogens is 381 g/mol. The molecule has 0 bridgehead atoms. The summed E-state index contributed by atoms with van der Waals surface area (Å²) in [4.78, 5) is 0. The van der Waals surface area contributed by atoms with Gasteiger partial charge in [-0.15, -0.1) is 0 Å². The Bertz CT molecular complexity index is 694. The molecule has 0 saturated carbocycles. The number of nitrogens with zero attached hydrogens (tertiary/aromatic N) is 1. The summed E-state index contributed by atoms with van der Waals surface area (Å²) in [6, 6.07) is 11.3. The molecule has 0 heterocycles. The molecule has 0 saturated heterocycles. The highest BCUT2D eigenvalue weighted by molar-refractivity contribution is 6.33. The minimum atomic E-state index is 0.581. The van der Waals surface area contributed by atoms with E-state index in [0.717, 1.165) is 55.0 Å². The molecule has 2 rings (SSSR count). The highest BCUT2D eigenvalue weighted by Gasteiger charge is 2.19. The Kier molecular flexibility index (Phi) is 7.90. The summed E-state index contributed by atoms with van der Waals surface area (Å²) in [6.45, 7) is 7.10. The van der Waals surface area contributed by atoms with Crippen molar-refractivity contribution in [3.05, 3.63) is 46.4 Å². The van der Waals surface area contributed by atoms with E-state index in [1.807, 2.05) is 36.4 Å². The normalized spacial score (nSPS) is 11.4. The van der Waals surface area contributed by atoms with Crippen LogP contribution in [0.5, 0.6) is 0 Å². The van der Waals surface area contributed by atoms with Gasteiger partial charge in [0, 0.05) is 11.4 Å². The van der Waals surface area contributed by atoms with E-state index in [-0.39, 0.29) is 0 Å². The second-order valence-corrected chi connectivity index (χ2v) is 7.93. The van der Waals surface area contributed by atoms with Crippen LogP contribution in [0.4, 0.5) is 22.7 Å². The zero-order valence-corrected chi connectivity index (χ0v) is 17.6. The monoisotopic (exact) mass is 410 g/mol. The Balaban J connectivity index is 1.85. The number of anilines is 4. The summed E-state index contributed by atoms with van der Waals surface area (Å²) in [5.74, 6) is 0. The fraction of sp³-hybridized carbons (Fsp3) is 0.400. The zero-order chi connectivity index (χ0) is 19.9. The molecule has 0 aromatic heterocycles. The van der Waals surface area contributed by atoms with Gasteiger partial charge in [-0.25, -0.2) is 0 Å². The largest absolute Gasteiger partial charge is 0.398 e. The van der Waals surface area contributed by atoms with Crippen molar-refractivity contribution < 1.29 is 4.48 Å². The van der Waals surface area contributed by atoms with Crippen LogP contribution in [0.2, 0.25) is 10.0 Å². The fourth-order valence-corrected chi connectivity index (χ4v) is 3.45. The van der Waals surface area contributed by atoms with E-state index in [1.54, 1.807) is 0 Å². The molecular formula is C20H30Cl2N5+. The van der Waals surface area contributed by atoms with Gasteiger partial charge in [-0.1, -0.05) is 30.1 Å². The van der Waals surface area contributed by atoms with E-state index in [0.29, 0.717) is 21.4 Å². The number of rotatable bonds is 10. The van der Waals surface area contributed by atoms with Crippen molar-refractivity contribution >= 4 is 46.0 Å². The number of halogens is 2. The van der Waals surface area contributed by atoms with E-state index >= 15 is 0 Å². The second-order valence-electron chi connectivity index (χ2n) is 7.12. The lowest BCUT2D eigenvalue weighted by molar-refractivity contribution is -0.906. The summed E-state index contributed by atoms with van der Waals surface area (Å²) in [5.41, 5.74) is 14.7. The van der Waals surface area contributed by atoms with E-state index in [4.69, 9.17) is 34.7 Å². The lowest BCUT2D eigenvalue weighted by Gasteiger charge is -2.35. The van der Waals surface area contributed by atoms with E-state index < -0.39 is 0 Å². The third-order valence-corrected chi connectivity index (χ3v) is 5.38. The van der Waals surface area contributed by atoms with Crippen molar-refractivity contribution in [1.82, 2.24) is 0 Å². The number of likely N-dealkylation sites (N-methyl/N-ethyl adjacent to an activating group) is 1. The zero-order valence-electron chi connectivity index (χ0n) is 16.1. The highest BCUT2D eigenvalue weighted by atomic mass is 35.5. The summed E-state index contributed by atoms with van der Waals surface area (Å²) in [6.07, 6.45) is 1.14. The van der Waals surface area contributed by atoms with Crippen LogP contribution in [0.1, 0.15) is 13.3 Å². The number of quaternary nitrogens is 1. The third kappa shape index (κ3) is 6.69. The summed E-state index contributed by atoms with van der Waals surface area (Å²) in [7, 11) is 2.29. The highest BCUT2D eigenvalue weighted by Crippen LogP contribution is 2.23. The Morgan fingerprint density at radius 2 is 1.26 bits per heavy atom. The minimum Gasteiger partial charge on any atom is -0.398 e. The standard InChI is InChI=1S/C20H30Cl2N5/c1-3-10-27(2,11-8-25-15-4-6-19(23)17(21)13-15)12-9-26-16-5-7-20(24)18(22)14-16/h4-7,13-14,25-26H,3,8-12,23-24H2,1-2H3/q+1. The van der Waals surface area contributed by atoms with Crippen molar-refractivity contribution in [2.45, 2.75) is 13.3 Å². The number of hydrogen-bond acceptors (Lipinski definition) is 4. The van der Waals surface area contributed by atoms with E-state index in [1.165, 1.54) is 0 Å². The fourth-order valence-electron chi connectivity index (χ4n) is 3.09. The molecule has 0 atom stereocenters. The second kappa shape index (κ2) is 9.93. The molecule has 6 N–H and O–H groups in total.